The number of nitrogens with two attached hydrogens (primary N) is 1. The molecule has 1 heterocycles. The van der Waals surface area contributed by atoms with E-state index < -0.39 is 58.0 Å². The topological polar surface area (TPSA) is 163 Å². The number of nitrogen functional groups attached to an aromatic ring is 1. The molecule has 0 saturated heterocycles. The van der Waals surface area contributed by atoms with E-state index in [9.17, 15) is 33.5 Å². The van der Waals surface area contributed by atoms with E-state index in [0.717, 1.165) is 37.6 Å². The molecule has 3 rings (SSSR count). The van der Waals surface area contributed by atoms with Crippen LogP contribution >= 0.6 is 0 Å². The summed E-state index contributed by atoms with van der Waals surface area (Å²) < 4.78 is 25.0. The van der Waals surface area contributed by atoms with E-state index in [2.05, 4.69) is 0 Å². The molecule has 182 valence electrons. The van der Waals surface area contributed by atoms with Crippen LogP contribution in [0.5, 0.6) is 11.5 Å². The van der Waals surface area contributed by atoms with Gasteiger partial charge in [-0.3, -0.25) is 19.0 Å². The first kappa shape index (κ1) is 24.7. The van der Waals surface area contributed by atoms with Crippen LogP contribution in [0.25, 0.3) is 5.69 Å². The van der Waals surface area contributed by atoms with Crippen molar-refractivity contribution in [3.8, 4) is 17.2 Å². The molecule has 0 unspecified atom stereocenters. The molecule has 0 atom stereocenters. The van der Waals surface area contributed by atoms with Crippen LogP contribution in [0.2, 0.25) is 0 Å². The molecule has 1 amide bonds. The van der Waals surface area contributed by atoms with Gasteiger partial charge < -0.3 is 20.3 Å². The number of benzene rings is 2. The fraction of sp³-hybridized carbons (Fsp3) is 0.136. The highest BCUT2D eigenvalue weighted by Gasteiger charge is 2.31. The first-order chi connectivity index (χ1) is 16.4. The van der Waals surface area contributed by atoms with Crippen LogP contribution < -0.4 is 31.4 Å². The zero-order valence-electron chi connectivity index (χ0n) is 18.6. The van der Waals surface area contributed by atoms with Gasteiger partial charge in [0.1, 0.15) is 11.6 Å². The molecule has 3 N–H and O–H groups in total. The Kier molecular flexibility index (Phi) is 6.71. The predicted molar refractivity (Wildman–Crippen MR) is 121 cm³/mol. The second-order valence-corrected chi connectivity index (χ2v) is 7.10. The Labute approximate surface area is 196 Å². The van der Waals surface area contributed by atoms with Gasteiger partial charge >= 0.3 is 23.7 Å². The van der Waals surface area contributed by atoms with Gasteiger partial charge in [-0.1, -0.05) is 6.07 Å². The summed E-state index contributed by atoms with van der Waals surface area (Å²) in [5.74, 6) is -3.67. The van der Waals surface area contributed by atoms with Gasteiger partial charge in [-0.2, -0.15) is 0 Å². The van der Waals surface area contributed by atoms with Crippen LogP contribution in [0.1, 0.15) is 13.8 Å². The molecule has 0 aliphatic carbocycles. The number of carbonyl (C=O) groups excluding carboxylic acids is 2. The monoisotopic (exact) mass is 486 g/mol. The highest BCUT2D eigenvalue weighted by atomic mass is 19.1. The number of aromatic nitrogens is 2. The van der Waals surface area contributed by atoms with Crippen molar-refractivity contribution >= 4 is 35.2 Å². The molecule has 0 aliphatic heterocycles. The third-order valence-corrected chi connectivity index (χ3v) is 4.67. The molecule has 0 bridgehead atoms. The Morgan fingerprint density at radius 2 is 1.60 bits per heavy atom. The maximum Gasteiger partial charge on any atom is 0.416 e. The number of hydrogen-bond acceptors (Lipinski definition) is 8. The Balaban J connectivity index is 2.40. The normalized spacial score (nSPS) is 10.5. The maximum absolute atomic E-state index is 13.4. The van der Waals surface area contributed by atoms with Gasteiger partial charge in [0.15, 0.2) is 17.2 Å². The largest absolute Gasteiger partial charge is 0.464 e. The predicted octanol–water partition coefficient (Wildman–Crippen LogP) is 1.92. The molecule has 0 fully saturated rings. The molecule has 0 saturated carbocycles. The number of halogens is 1. The Bertz CT molecular complexity index is 1460. The number of esters is 2. The van der Waals surface area contributed by atoms with E-state index in [1.165, 1.54) is 30.3 Å². The van der Waals surface area contributed by atoms with Crippen molar-refractivity contribution in [2.75, 3.05) is 10.6 Å². The third kappa shape index (κ3) is 4.73. The van der Waals surface area contributed by atoms with E-state index in [0.29, 0.717) is 9.47 Å². The number of rotatable bonds is 5. The number of nitrogens with zero attached hydrogens (tertiary/aromatic N) is 3. The zero-order chi connectivity index (χ0) is 26.0. The zero-order valence-corrected chi connectivity index (χ0v) is 18.6. The highest BCUT2D eigenvalue weighted by molar-refractivity contribution is 6.00. The van der Waals surface area contributed by atoms with Crippen LogP contribution in [0, 0.1) is 5.82 Å². The van der Waals surface area contributed by atoms with Crippen LogP contribution in [-0.4, -0.2) is 32.3 Å². The van der Waals surface area contributed by atoms with Crippen molar-refractivity contribution in [1.29, 1.82) is 0 Å². The van der Waals surface area contributed by atoms with Gasteiger partial charge in [-0.25, -0.2) is 23.4 Å². The number of amides is 1. The molecule has 12 nitrogen and oxygen atoms in total. The molecule has 0 spiro atoms. The summed E-state index contributed by atoms with van der Waals surface area (Å²) in [6.07, 6.45) is -1.74. The van der Waals surface area contributed by atoms with Gasteiger partial charge in [-0.05, 0) is 36.4 Å². The summed E-state index contributed by atoms with van der Waals surface area (Å²) in [7, 11) is 1.09. The minimum absolute atomic E-state index is 0.0463. The summed E-state index contributed by atoms with van der Waals surface area (Å²) in [4.78, 5) is 62.0. The van der Waals surface area contributed by atoms with E-state index in [1.807, 2.05) is 0 Å². The van der Waals surface area contributed by atoms with Crippen LogP contribution in [0.3, 0.4) is 0 Å². The first-order valence-corrected chi connectivity index (χ1v) is 9.84. The van der Waals surface area contributed by atoms with Gasteiger partial charge in [0.25, 0.3) is 5.56 Å². The van der Waals surface area contributed by atoms with E-state index in [1.54, 1.807) is 0 Å². The summed E-state index contributed by atoms with van der Waals surface area (Å²) in [5.41, 5.74) is 3.05. The van der Waals surface area contributed by atoms with Crippen LogP contribution in [-0.2, 0) is 16.6 Å². The Morgan fingerprint density at radius 3 is 2.14 bits per heavy atom. The van der Waals surface area contributed by atoms with Crippen molar-refractivity contribution in [3.05, 3.63) is 69.1 Å². The lowest BCUT2D eigenvalue weighted by molar-refractivity contribution is -0.134. The van der Waals surface area contributed by atoms with Gasteiger partial charge in [0.2, 0.25) is 0 Å². The Morgan fingerprint density at radius 1 is 1.00 bits per heavy atom. The summed E-state index contributed by atoms with van der Waals surface area (Å²) in [6, 6.07) is 8.20. The Hall–Kier alpha value is -4.94. The number of para-hydroxylation sites is 1. The number of anilines is 3. The quantitative estimate of drug-likeness (QED) is 0.405. The molecule has 0 radical (unpaired) electrons. The molecule has 1 aromatic heterocycles. The van der Waals surface area contributed by atoms with Gasteiger partial charge in [-0.15, -0.1) is 0 Å². The average molecular weight is 486 g/mol. The van der Waals surface area contributed by atoms with E-state index in [4.69, 9.17) is 15.2 Å². The smallest absolute Gasteiger partial charge is 0.416 e. The van der Waals surface area contributed by atoms with Crippen molar-refractivity contribution < 1.29 is 33.4 Å². The molecular formula is C22H19FN4O8. The second-order valence-electron chi connectivity index (χ2n) is 7.10. The minimum Gasteiger partial charge on any atom is -0.464 e. The molecule has 13 heteroatoms. The van der Waals surface area contributed by atoms with Crippen LogP contribution in [0.15, 0.2) is 52.1 Å². The molecule has 0 aliphatic rings. The average Bonchev–Trinajstić information content (AvgIpc) is 2.77. The lowest BCUT2D eigenvalue weighted by Crippen LogP contribution is -2.43. The van der Waals surface area contributed by atoms with Gasteiger partial charge in [0, 0.05) is 20.9 Å². The molecule has 3 aromatic rings. The summed E-state index contributed by atoms with van der Waals surface area (Å²) >= 11 is 0. The number of hydrogen-bond donors (Lipinski definition) is 2. The lowest BCUT2D eigenvalue weighted by Gasteiger charge is -2.25. The number of carbonyl (C=O) groups is 3. The molecule has 2 aromatic carbocycles. The summed E-state index contributed by atoms with van der Waals surface area (Å²) in [6.45, 7) is 2.10. The van der Waals surface area contributed by atoms with Crippen molar-refractivity contribution in [3.63, 3.8) is 0 Å². The standard InChI is InChI=1S/C22H19FN4O8/c1-11(28)34-16-6-4-5-15(18(16)35-12(2)29)27(22(32)33)17-19(24)26(21(31)25(3)20(17)30)14-9-7-13(23)8-10-14/h4-10H,24H2,1-3H3,(H,32,33). The summed E-state index contributed by atoms with van der Waals surface area (Å²) in [5, 5.41) is 10.1. The van der Waals surface area contributed by atoms with Crippen molar-refractivity contribution in [1.82, 2.24) is 9.13 Å². The van der Waals surface area contributed by atoms with E-state index in [-0.39, 0.29) is 11.4 Å². The second kappa shape index (κ2) is 9.51. The van der Waals surface area contributed by atoms with E-state index >= 15 is 0 Å². The SMILES string of the molecule is CC(=O)Oc1cccc(N(C(=O)O)c2c(N)n(-c3ccc(F)cc3)c(=O)n(C)c2=O)c1OC(C)=O. The molecular weight excluding hydrogens is 467 g/mol. The lowest BCUT2D eigenvalue weighted by atomic mass is 10.2. The van der Waals surface area contributed by atoms with Gasteiger partial charge in [0.05, 0.1) is 11.4 Å². The fourth-order valence-corrected chi connectivity index (χ4v) is 3.25. The third-order valence-electron chi connectivity index (χ3n) is 4.67. The van der Waals surface area contributed by atoms with Crippen molar-refractivity contribution in [2.45, 2.75) is 13.8 Å². The number of ether oxygens (including phenoxy) is 2. The highest BCUT2D eigenvalue weighted by Crippen LogP contribution is 2.41. The number of carboxylic acid groups (broad SMARTS) is 1. The minimum atomic E-state index is -1.74. The fourth-order valence-electron chi connectivity index (χ4n) is 3.25. The van der Waals surface area contributed by atoms with Crippen molar-refractivity contribution in [2.24, 2.45) is 7.05 Å². The molecule has 35 heavy (non-hydrogen) atoms. The first-order valence-electron chi connectivity index (χ1n) is 9.84. The maximum atomic E-state index is 13.4. The van der Waals surface area contributed by atoms with Crippen LogP contribution in [0.4, 0.5) is 26.4 Å².